The summed E-state index contributed by atoms with van der Waals surface area (Å²) in [6, 6.07) is 3.07. The van der Waals surface area contributed by atoms with Gasteiger partial charge in [0.05, 0.1) is 0 Å². The maximum Gasteiger partial charge on any atom is 0.131 e. The highest BCUT2D eigenvalue weighted by Gasteiger charge is 2.26. The van der Waals surface area contributed by atoms with Gasteiger partial charge < -0.3 is 10.2 Å². The molecule has 1 N–H and O–H groups in total. The van der Waals surface area contributed by atoms with E-state index in [1.54, 1.807) is 0 Å². The monoisotopic (exact) mass is 273 g/mol. The SMILES string of the molecule is Cc1cc(CNC2CC2)cnc1N1CCC(C)(C)CC1. The zero-order chi connectivity index (χ0) is 14.2. The number of rotatable bonds is 4. The summed E-state index contributed by atoms with van der Waals surface area (Å²) in [7, 11) is 0. The Morgan fingerprint density at radius 2 is 2.00 bits per heavy atom. The number of hydrogen-bond acceptors (Lipinski definition) is 3. The molecule has 2 fully saturated rings. The van der Waals surface area contributed by atoms with Gasteiger partial charge in [0.25, 0.3) is 0 Å². The summed E-state index contributed by atoms with van der Waals surface area (Å²) in [6.07, 6.45) is 7.26. The highest BCUT2D eigenvalue weighted by Crippen LogP contribution is 2.32. The first kappa shape index (κ1) is 13.9. The van der Waals surface area contributed by atoms with E-state index >= 15 is 0 Å². The second-order valence-corrected chi connectivity index (χ2v) is 7.29. The number of anilines is 1. The number of nitrogens with one attached hydrogen (secondary N) is 1. The van der Waals surface area contributed by atoms with Crippen molar-refractivity contribution in [1.29, 1.82) is 0 Å². The molecule has 1 aliphatic heterocycles. The Morgan fingerprint density at radius 1 is 1.30 bits per heavy atom. The second kappa shape index (κ2) is 5.36. The van der Waals surface area contributed by atoms with Gasteiger partial charge in [0.1, 0.15) is 5.82 Å². The molecule has 1 saturated carbocycles. The number of aryl methyl sites for hydroxylation is 1. The normalized spacial score (nSPS) is 22.1. The van der Waals surface area contributed by atoms with Crippen molar-refractivity contribution in [3.05, 3.63) is 23.4 Å². The first-order valence-corrected chi connectivity index (χ1v) is 7.97. The third-order valence-corrected chi connectivity index (χ3v) is 4.70. The molecule has 3 rings (SSSR count). The van der Waals surface area contributed by atoms with Gasteiger partial charge in [0.15, 0.2) is 0 Å². The van der Waals surface area contributed by atoms with Crippen LogP contribution in [0.25, 0.3) is 0 Å². The van der Waals surface area contributed by atoms with Crippen molar-refractivity contribution < 1.29 is 0 Å². The van der Waals surface area contributed by atoms with Crippen molar-refractivity contribution in [2.24, 2.45) is 5.41 Å². The molecule has 3 heteroatoms. The fourth-order valence-electron chi connectivity index (χ4n) is 2.93. The first-order valence-electron chi connectivity index (χ1n) is 7.97. The van der Waals surface area contributed by atoms with Crippen molar-refractivity contribution in [1.82, 2.24) is 10.3 Å². The highest BCUT2D eigenvalue weighted by molar-refractivity contribution is 5.47. The molecule has 1 aromatic heterocycles. The van der Waals surface area contributed by atoms with Gasteiger partial charge in [0.2, 0.25) is 0 Å². The molecule has 0 radical (unpaired) electrons. The average Bonchev–Trinajstić information content (AvgIpc) is 3.21. The molecule has 0 bridgehead atoms. The second-order valence-electron chi connectivity index (χ2n) is 7.29. The van der Waals surface area contributed by atoms with Crippen LogP contribution >= 0.6 is 0 Å². The van der Waals surface area contributed by atoms with Gasteiger partial charge in [-0.15, -0.1) is 0 Å². The van der Waals surface area contributed by atoms with E-state index in [2.05, 4.69) is 43.3 Å². The van der Waals surface area contributed by atoms with Crippen LogP contribution in [-0.2, 0) is 6.54 Å². The van der Waals surface area contributed by atoms with Crippen LogP contribution < -0.4 is 10.2 Å². The standard InChI is InChI=1S/C17H27N3/c1-13-10-14(11-18-15-4-5-15)12-19-16(13)20-8-6-17(2,3)7-9-20/h10,12,15,18H,4-9,11H2,1-3H3. The van der Waals surface area contributed by atoms with Gasteiger partial charge in [0, 0.05) is 31.9 Å². The van der Waals surface area contributed by atoms with Gasteiger partial charge in [-0.1, -0.05) is 13.8 Å². The maximum atomic E-state index is 4.73. The number of aromatic nitrogens is 1. The number of hydrogen-bond donors (Lipinski definition) is 1. The van der Waals surface area contributed by atoms with E-state index < -0.39 is 0 Å². The third-order valence-electron chi connectivity index (χ3n) is 4.70. The fourth-order valence-corrected chi connectivity index (χ4v) is 2.93. The Bertz CT molecular complexity index is 467. The van der Waals surface area contributed by atoms with Crippen LogP contribution in [0.15, 0.2) is 12.3 Å². The summed E-state index contributed by atoms with van der Waals surface area (Å²) in [6.45, 7) is 10.2. The molecule has 0 atom stereocenters. The lowest BCUT2D eigenvalue weighted by Gasteiger charge is -2.38. The Labute approximate surface area is 122 Å². The topological polar surface area (TPSA) is 28.2 Å². The highest BCUT2D eigenvalue weighted by atomic mass is 15.2. The minimum Gasteiger partial charge on any atom is -0.356 e. The van der Waals surface area contributed by atoms with E-state index in [0.29, 0.717) is 5.41 Å². The Morgan fingerprint density at radius 3 is 2.60 bits per heavy atom. The number of pyridine rings is 1. The molecule has 20 heavy (non-hydrogen) atoms. The minimum absolute atomic E-state index is 0.499. The van der Waals surface area contributed by atoms with E-state index in [4.69, 9.17) is 4.98 Å². The van der Waals surface area contributed by atoms with Crippen LogP contribution in [0, 0.1) is 12.3 Å². The van der Waals surface area contributed by atoms with Crippen LogP contribution in [0.3, 0.4) is 0 Å². The van der Waals surface area contributed by atoms with Gasteiger partial charge in [-0.05, 0) is 55.2 Å². The summed E-state index contributed by atoms with van der Waals surface area (Å²) >= 11 is 0. The van der Waals surface area contributed by atoms with Crippen molar-refractivity contribution in [3.8, 4) is 0 Å². The van der Waals surface area contributed by atoms with Crippen molar-refractivity contribution in [3.63, 3.8) is 0 Å². The third kappa shape index (κ3) is 3.32. The summed E-state index contributed by atoms with van der Waals surface area (Å²) < 4.78 is 0. The zero-order valence-electron chi connectivity index (χ0n) is 13.1. The van der Waals surface area contributed by atoms with Gasteiger partial charge in [-0.25, -0.2) is 4.98 Å². The van der Waals surface area contributed by atoms with Crippen LogP contribution in [0.2, 0.25) is 0 Å². The predicted octanol–water partition coefficient (Wildman–Crippen LogP) is 3.27. The maximum absolute atomic E-state index is 4.73. The largest absolute Gasteiger partial charge is 0.356 e. The fraction of sp³-hybridized carbons (Fsp3) is 0.706. The summed E-state index contributed by atoms with van der Waals surface area (Å²) in [5.74, 6) is 1.19. The van der Waals surface area contributed by atoms with E-state index in [1.165, 1.54) is 42.6 Å². The molecular weight excluding hydrogens is 246 g/mol. The van der Waals surface area contributed by atoms with Gasteiger partial charge >= 0.3 is 0 Å². The molecule has 2 heterocycles. The Balaban J connectivity index is 1.64. The predicted molar refractivity (Wildman–Crippen MR) is 84.1 cm³/mol. The quantitative estimate of drug-likeness (QED) is 0.912. The van der Waals surface area contributed by atoms with Crippen LogP contribution in [0.5, 0.6) is 0 Å². The molecule has 0 unspecified atom stereocenters. The lowest BCUT2D eigenvalue weighted by atomic mass is 9.82. The molecule has 3 nitrogen and oxygen atoms in total. The molecule has 0 spiro atoms. The smallest absolute Gasteiger partial charge is 0.131 e. The minimum atomic E-state index is 0.499. The lowest BCUT2D eigenvalue weighted by Crippen LogP contribution is -2.38. The van der Waals surface area contributed by atoms with Crippen molar-refractivity contribution >= 4 is 5.82 Å². The Hall–Kier alpha value is -1.09. The van der Waals surface area contributed by atoms with E-state index in [0.717, 1.165) is 25.7 Å². The number of nitrogens with zero attached hydrogens (tertiary/aromatic N) is 2. The van der Waals surface area contributed by atoms with Gasteiger partial charge in [-0.2, -0.15) is 0 Å². The molecule has 110 valence electrons. The van der Waals surface area contributed by atoms with E-state index in [9.17, 15) is 0 Å². The van der Waals surface area contributed by atoms with E-state index in [1.807, 2.05) is 0 Å². The summed E-state index contributed by atoms with van der Waals surface area (Å²) in [5, 5.41) is 3.56. The van der Waals surface area contributed by atoms with Crippen LogP contribution in [-0.4, -0.2) is 24.1 Å². The van der Waals surface area contributed by atoms with Crippen LogP contribution in [0.1, 0.15) is 50.7 Å². The molecule has 0 aromatic carbocycles. The van der Waals surface area contributed by atoms with E-state index in [-0.39, 0.29) is 0 Å². The molecule has 2 aliphatic rings. The molecule has 1 aliphatic carbocycles. The van der Waals surface area contributed by atoms with Crippen molar-refractivity contribution in [2.75, 3.05) is 18.0 Å². The zero-order valence-corrected chi connectivity index (χ0v) is 13.1. The Kier molecular flexibility index (Phi) is 3.72. The molecule has 0 amide bonds. The average molecular weight is 273 g/mol. The summed E-state index contributed by atoms with van der Waals surface area (Å²) in [5.41, 5.74) is 3.13. The molecular formula is C17H27N3. The number of piperidine rings is 1. The van der Waals surface area contributed by atoms with Crippen molar-refractivity contribution in [2.45, 2.75) is 59.0 Å². The first-order chi connectivity index (χ1) is 9.53. The van der Waals surface area contributed by atoms with Crippen LogP contribution in [0.4, 0.5) is 5.82 Å². The van der Waals surface area contributed by atoms with Gasteiger partial charge in [-0.3, -0.25) is 0 Å². The summed E-state index contributed by atoms with van der Waals surface area (Å²) in [4.78, 5) is 7.19. The molecule has 1 saturated heterocycles. The lowest BCUT2D eigenvalue weighted by molar-refractivity contribution is 0.279. The molecule has 1 aromatic rings.